The summed E-state index contributed by atoms with van der Waals surface area (Å²) in [7, 11) is 0. The lowest BCUT2D eigenvalue weighted by Gasteiger charge is -2.06. The van der Waals surface area contributed by atoms with Crippen molar-refractivity contribution in [2.45, 2.75) is 25.2 Å². The Hall–Kier alpha value is -1.38. The molecule has 82 valence electrons. The zero-order valence-electron chi connectivity index (χ0n) is 8.91. The van der Waals surface area contributed by atoms with Gasteiger partial charge in [0, 0.05) is 5.92 Å². The molecule has 2 fully saturated rings. The molecule has 3 heteroatoms. The second-order valence-corrected chi connectivity index (χ2v) is 5.18. The summed E-state index contributed by atoms with van der Waals surface area (Å²) in [6, 6.07) is 5.09. The van der Waals surface area contributed by atoms with Gasteiger partial charge in [-0.05, 0) is 43.2 Å². The number of nitrogens with one attached hydrogen (secondary N) is 1. The van der Waals surface area contributed by atoms with Crippen LogP contribution in [0.1, 0.15) is 31.0 Å². The molecule has 2 aliphatic rings. The third kappa shape index (κ3) is 1.14. The molecule has 0 radical (unpaired) electrons. The largest absolute Gasteiger partial charge is 0.342 e. The van der Waals surface area contributed by atoms with Crippen molar-refractivity contribution < 1.29 is 4.39 Å². The quantitative estimate of drug-likeness (QED) is 0.779. The van der Waals surface area contributed by atoms with Crippen molar-refractivity contribution in [2.24, 2.45) is 11.8 Å². The molecule has 1 aromatic heterocycles. The van der Waals surface area contributed by atoms with E-state index in [1.165, 1.54) is 25.3 Å². The molecule has 0 aliphatic heterocycles. The number of hydrogen-bond acceptors (Lipinski definition) is 1. The van der Waals surface area contributed by atoms with E-state index in [0.717, 1.165) is 23.2 Å². The Labute approximate surface area is 92.9 Å². The molecule has 1 N–H and O–H groups in total. The third-order valence-corrected chi connectivity index (χ3v) is 4.11. The highest BCUT2D eigenvalue weighted by Crippen LogP contribution is 2.57. The van der Waals surface area contributed by atoms with E-state index in [4.69, 9.17) is 0 Å². The van der Waals surface area contributed by atoms with Crippen LogP contribution in [0.5, 0.6) is 0 Å². The molecule has 4 rings (SSSR count). The summed E-state index contributed by atoms with van der Waals surface area (Å²) in [5, 5.41) is 0. The van der Waals surface area contributed by atoms with Crippen LogP contribution in [0.3, 0.4) is 0 Å². The SMILES string of the molecule is Fc1cccc2[nH]c(C3CC4CC4C3)nc12. The minimum Gasteiger partial charge on any atom is -0.342 e. The first-order valence-corrected chi connectivity index (χ1v) is 5.95. The van der Waals surface area contributed by atoms with Gasteiger partial charge < -0.3 is 4.98 Å². The number of imidazole rings is 1. The lowest BCUT2D eigenvalue weighted by Crippen LogP contribution is -1.97. The van der Waals surface area contributed by atoms with E-state index in [0.29, 0.717) is 11.4 Å². The van der Waals surface area contributed by atoms with Gasteiger partial charge in [0.15, 0.2) is 5.82 Å². The van der Waals surface area contributed by atoms with Gasteiger partial charge >= 0.3 is 0 Å². The van der Waals surface area contributed by atoms with Gasteiger partial charge in [-0.1, -0.05) is 6.07 Å². The van der Waals surface area contributed by atoms with Gasteiger partial charge in [-0.3, -0.25) is 0 Å². The maximum Gasteiger partial charge on any atom is 0.151 e. The van der Waals surface area contributed by atoms with Gasteiger partial charge in [0.25, 0.3) is 0 Å². The Balaban J connectivity index is 1.78. The highest BCUT2D eigenvalue weighted by Gasteiger charge is 2.47. The number of fused-ring (bicyclic) bond motifs is 2. The number of rotatable bonds is 1. The van der Waals surface area contributed by atoms with Gasteiger partial charge in [0.2, 0.25) is 0 Å². The second kappa shape index (κ2) is 2.84. The van der Waals surface area contributed by atoms with E-state index >= 15 is 0 Å². The lowest BCUT2D eigenvalue weighted by atomic mass is 10.0. The fourth-order valence-corrected chi connectivity index (χ4v) is 3.15. The van der Waals surface area contributed by atoms with E-state index < -0.39 is 0 Å². The molecular formula is C13H13FN2. The molecule has 2 aromatic rings. The van der Waals surface area contributed by atoms with E-state index in [1.54, 1.807) is 6.07 Å². The van der Waals surface area contributed by atoms with Crippen LogP contribution >= 0.6 is 0 Å². The summed E-state index contributed by atoms with van der Waals surface area (Å²) in [6.07, 6.45) is 3.89. The predicted octanol–water partition coefficient (Wildman–Crippen LogP) is 3.22. The Morgan fingerprint density at radius 1 is 1.19 bits per heavy atom. The number of para-hydroxylation sites is 1. The molecule has 0 spiro atoms. The summed E-state index contributed by atoms with van der Waals surface area (Å²) >= 11 is 0. The minimum absolute atomic E-state index is 0.219. The average molecular weight is 216 g/mol. The van der Waals surface area contributed by atoms with E-state index in [9.17, 15) is 4.39 Å². The molecule has 1 heterocycles. The maximum absolute atomic E-state index is 13.5. The monoisotopic (exact) mass is 216 g/mol. The molecule has 1 aromatic carbocycles. The van der Waals surface area contributed by atoms with Crippen molar-refractivity contribution in [3.8, 4) is 0 Å². The van der Waals surface area contributed by atoms with Crippen LogP contribution in [0.25, 0.3) is 11.0 Å². The van der Waals surface area contributed by atoms with Crippen molar-refractivity contribution in [2.75, 3.05) is 0 Å². The van der Waals surface area contributed by atoms with Crippen molar-refractivity contribution in [1.29, 1.82) is 0 Å². The summed E-state index contributed by atoms with van der Waals surface area (Å²) in [4.78, 5) is 7.69. The molecule has 16 heavy (non-hydrogen) atoms. The van der Waals surface area contributed by atoms with Gasteiger partial charge in [-0.15, -0.1) is 0 Å². The zero-order chi connectivity index (χ0) is 10.7. The van der Waals surface area contributed by atoms with Crippen molar-refractivity contribution >= 4 is 11.0 Å². The van der Waals surface area contributed by atoms with Crippen LogP contribution in [0, 0.1) is 17.7 Å². The average Bonchev–Trinajstić information content (AvgIpc) is 2.77. The first kappa shape index (κ1) is 8.74. The first-order valence-electron chi connectivity index (χ1n) is 5.95. The van der Waals surface area contributed by atoms with Crippen LogP contribution < -0.4 is 0 Å². The van der Waals surface area contributed by atoms with Gasteiger partial charge in [0.05, 0.1) is 5.52 Å². The maximum atomic E-state index is 13.5. The van der Waals surface area contributed by atoms with Crippen LogP contribution in [-0.2, 0) is 0 Å². The standard InChI is InChI=1S/C13H13FN2/c14-10-2-1-3-11-12(10)16-13(15-11)9-5-7-4-8(7)6-9/h1-3,7-9H,4-6H2,(H,15,16). The Bertz CT molecular complexity index is 550. The Morgan fingerprint density at radius 3 is 2.75 bits per heavy atom. The smallest absolute Gasteiger partial charge is 0.151 e. The van der Waals surface area contributed by atoms with E-state index in [-0.39, 0.29) is 5.82 Å². The fraction of sp³-hybridized carbons (Fsp3) is 0.462. The van der Waals surface area contributed by atoms with Crippen LogP contribution in [0.2, 0.25) is 0 Å². The Morgan fingerprint density at radius 2 is 2.00 bits per heavy atom. The third-order valence-electron chi connectivity index (χ3n) is 4.11. The lowest BCUT2D eigenvalue weighted by molar-refractivity contribution is 0.595. The molecule has 0 bridgehead atoms. The van der Waals surface area contributed by atoms with Crippen LogP contribution in [0.4, 0.5) is 4.39 Å². The van der Waals surface area contributed by atoms with Gasteiger partial charge in [0.1, 0.15) is 11.3 Å². The highest BCUT2D eigenvalue weighted by molar-refractivity contribution is 5.75. The molecular weight excluding hydrogens is 203 g/mol. The Kier molecular flexibility index (Phi) is 1.55. The van der Waals surface area contributed by atoms with E-state index in [2.05, 4.69) is 9.97 Å². The van der Waals surface area contributed by atoms with Crippen LogP contribution in [0.15, 0.2) is 18.2 Å². The van der Waals surface area contributed by atoms with Gasteiger partial charge in [-0.25, -0.2) is 9.37 Å². The number of aromatic nitrogens is 2. The highest BCUT2D eigenvalue weighted by atomic mass is 19.1. The van der Waals surface area contributed by atoms with Gasteiger partial charge in [-0.2, -0.15) is 0 Å². The number of H-pyrrole nitrogens is 1. The number of nitrogens with zero attached hydrogens (tertiary/aromatic N) is 1. The number of halogens is 1. The molecule has 2 atom stereocenters. The summed E-state index contributed by atoms with van der Waals surface area (Å²) in [5.41, 5.74) is 1.33. The normalized spacial score (nSPS) is 31.9. The molecule has 0 saturated heterocycles. The zero-order valence-corrected chi connectivity index (χ0v) is 8.91. The number of hydrogen-bond donors (Lipinski definition) is 1. The molecule has 2 aliphatic carbocycles. The second-order valence-electron chi connectivity index (χ2n) is 5.18. The fourth-order valence-electron chi connectivity index (χ4n) is 3.15. The van der Waals surface area contributed by atoms with Crippen LogP contribution in [-0.4, -0.2) is 9.97 Å². The number of aromatic amines is 1. The predicted molar refractivity (Wildman–Crippen MR) is 59.6 cm³/mol. The minimum atomic E-state index is -0.219. The number of benzene rings is 1. The molecule has 2 unspecified atom stereocenters. The van der Waals surface area contributed by atoms with E-state index in [1.807, 2.05) is 6.07 Å². The summed E-state index contributed by atoms with van der Waals surface area (Å²) in [6.45, 7) is 0. The molecule has 2 nitrogen and oxygen atoms in total. The van der Waals surface area contributed by atoms with Crippen molar-refractivity contribution in [1.82, 2.24) is 9.97 Å². The molecule has 2 saturated carbocycles. The van der Waals surface area contributed by atoms with Crippen molar-refractivity contribution in [3.63, 3.8) is 0 Å². The topological polar surface area (TPSA) is 28.7 Å². The van der Waals surface area contributed by atoms with Crippen molar-refractivity contribution in [3.05, 3.63) is 29.8 Å². The first-order chi connectivity index (χ1) is 7.81. The molecule has 0 amide bonds. The summed E-state index contributed by atoms with van der Waals surface area (Å²) < 4.78 is 13.5. The summed E-state index contributed by atoms with van der Waals surface area (Å²) in [5.74, 6) is 3.18.